The lowest BCUT2D eigenvalue weighted by Crippen LogP contribution is -2.49. The van der Waals surface area contributed by atoms with E-state index in [4.69, 9.17) is 0 Å². The molecule has 0 radical (unpaired) electrons. The van der Waals surface area contributed by atoms with Crippen LogP contribution in [0.2, 0.25) is 0 Å². The molecule has 0 spiro atoms. The van der Waals surface area contributed by atoms with E-state index >= 15 is 0 Å². The summed E-state index contributed by atoms with van der Waals surface area (Å²) in [7, 11) is 0. The van der Waals surface area contributed by atoms with E-state index in [9.17, 15) is 20.2 Å². The Kier molecular flexibility index (Phi) is 5.52. The zero-order valence-corrected chi connectivity index (χ0v) is 13.2. The Labute approximate surface area is 135 Å². The Morgan fingerprint density at radius 1 is 1.35 bits per heavy atom. The molecular formula is C16H20N4O3. The van der Waals surface area contributed by atoms with E-state index in [1.165, 1.54) is 12.1 Å². The maximum atomic E-state index is 12.0. The standard InChI is InChI=1S/C16H20N4O3/c1-2-3-4-16(21)19-9-7-18(8-10-19)15-6-5-14(20(22)23)11-13(15)12-17/h5-6,11H,2-4,7-10H2,1H3. The zero-order valence-electron chi connectivity index (χ0n) is 13.2. The number of piperazine rings is 1. The van der Waals surface area contributed by atoms with Gasteiger partial charge in [-0.25, -0.2) is 0 Å². The number of nitrogens with zero attached hydrogens (tertiary/aromatic N) is 4. The number of nitriles is 1. The number of anilines is 1. The normalized spacial score (nSPS) is 14.4. The van der Waals surface area contributed by atoms with Crippen LogP contribution in [0.3, 0.4) is 0 Å². The summed E-state index contributed by atoms with van der Waals surface area (Å²) in [4.78, 5) is 26.2. The summed E-state index contributed by atoms with van der Waals surface area (Å²) in [5, 5.41) is 20.0. The van der Waals surface area contributed by atoms with Gasteiger partial charge >= 0.3 is 0 Å². The van der Waals surface area contributed by atoms with Crippen molar-refractivity contribution < 1.29 is 9.72 Å². The highest BCUT2D eigenvalue weighted by atomic mass is 16.6. The lowest BCUT2D eigenvalue weighted by Gasteiger charge is -2.36. The van der Waals surface area contributed by atoms with E-state index in [-0.39, 0.29) is 11.6 Å². The van der Waals surface area contributed by atoms with Gasteiger partial charge < -0.3 is 9.80 Å². The Morgan fingerprint density at radius 3 is 2.61 bits per heavy atom. The first-order valence-electron chi connectivity index (χ1n) is 7.78. The number of hydrogen-bond acceptors (Lipinski definition) is 5. The predicted molar refractivity (Wildman–Crippen MR) is 86.1 cm³/mol. The molecule has 0 aromatic heterocycles. The second-order valence-corrected chi connectivity index (χ2v) is 5.54. The second kappa shape index (κ2) is 7.58. The lowest BCUT2D eigenvalue weighted by atomic mass is 10.1. The van der Waals surface area contributed by atoms with Gasteiger partial charge in [0, 0.05) is 44.7 Å². The molecular weight excluding hydrogens is 296 g/mol. The Hall–Kier alpha value is -2.62. The van der Waals surface area contributed by atoms with Crippen LogP contribution in [0.25, 0.3) is 0 Å². The van der Waals surface area contributed by atoms with Crippen LogP contribution in [0.4, 0.5) is 11.4 Å². The number of unbranched alkanes of at least 4 members (excludes halogenated alkanes) is 1. The van der Waals surface area contributed by atoms with Gasteiger partial charge in [-0.3, -0.25) is 14.9 Å². The summed E-state index contributed by atoms with van der Waals surface area (Å²) in [5.41, 5.74) is 0.905. The molecule has 0 atom stereocenters. The molecule has 7 nitrogen and oxygen atoms in total. The van der Waals surface area contributed by atoms with Gasteiger partial charge in [0.2, 0.25) is 5.91 Å². The van der Waals surface area contributed by atoms with E-state index in [2.05, 4.69) is 6.92 Å². The summed E-state index contributed by atoms with van der Waals surface area (Å²) in [6, 6.07) is 6.35. The Bertz CT molecular complexity index is 631. The van der Waals surface area contributed by atoms with Crippen LogP contribution < -0.4 is 4.90 Å². The number of rotatable bonds is 5. The average Bonchev–Trinajstić information content (AvgIpc) is 2.59. The quantitative estimate of drug-likeness (QED) is 0.614. The number of nitro benzene ring substituents is 1. The molecule has 1 aliphatic heterocycles. The smallest absolute Gasteiger partial charge is 0.270 e. The van der Waals surface area contributed by atoms with E-state index in [1.807, 2.05) is 15.9 Å². The molecule has 0 saturated carbocycles. The monoisotopic (exact) mass is 316 g/mol. The molecule has 1 saturated heterocycles. The van der Waals surface area contributed by atoms with E-state index in [0.717, 1.165) is 12.8 Å². The highest BCUT2D eigenvalue weighted by molar-refractivity contribution is 5.76. The second-order valence-electron chi connectivity index (χ2n) is 5.54. The third-order valence-corrected chi connectivity index (χ3v) is 4.03. The summed E-state index contributed by atoms with van der Waals surface area (Å²) in [6.07, 6.45) is 2.48. The van der Waals surface area contributed by atoms with Crippen molar-refractivity contribution >= 4 is 17.3 Å². The molecule has 1 aliphatic rings. The molecule has 1 fully saturated rings. The number of amides is 1. The van der Waals surface area contributed by atoms with Gasteiger partial charge in [0.25, 0.3) is 5.69 Å². The number of nitro groups is 1. The van der Waals surface area contributed by atoms with Crippen LogP contribution in [-0.2, 0) is 4.79 Å². The summed E-state index contributed by atoms with van der Waals surface area (Å²) in [6.45, 7) is 4.55. The number of non-ortho nitro benzene ring substituents is 1. The molecule has 1 aromatic carbocycles. The Morgan fingerprint density at radius 2 is 2.04 bits per heavy atom. The third-order valence-electron chi connectivity index (χ3n) is 4.03. The molecule has 0 unspecified atom stereocenters. The molecule has 23 heavy (non-hydrogen) atoms. The van der Waals surface area contributed by atoms with Crippen molar-refractivity contribution in [3.05, 3.63) is 33.9 Å². The maximum absolute atomic E-state index is 12.0. The van der Waals surface area contributed by atoms with E-state index < -0.39 is 4.92 Å². The van der Waals surface area contributed by atoms with Gasteiger partial charge in [0.15, 0.2) is 0 Å². The zero-order chi connectivity index (χ0) is 16.8. The van der Waals surface area contributed by atoms with Gasteiger partial charge in [-0.05, 0) is 12.5 Å². The first-order valence-corrected chi connectivity index (χ1v) is 7.78. The summed E-state index contributed by atoms with van der Waals surface area (Å²) in [5.74, 6) is 0.177. The van der Waals surface area contributed by atoms with Crippen LogP contribution in [-0.4, -0.2) is 41.9 Å². The topological polar surface area (TPSA) is 90.5 Å². The highest BCUT2D eigenvalue weighted by Gasteiger charge is 2.23. The summed E-state index contributed by atoms with van der Waals surface area (Å²) < 4.78 is 0. The van der Waals surface area contributed by atoms with Crippen molar-refractivity contribution in [1.29, 1.82) is 5.26 Å². The van der Waals surface area contributed by atoms with Crippen LogP contribution in [0.15, 0.2) is 18.2 Å². The molecule has 7 heteroatoms. The van der Waals surface area contributed by atoms with Crippen molar-refractivity contribution in [3.63, 3.8) is 0 Å². The molecule has 0 N–H and O–H groups in total. The minimum atomic E-state index is -0.505. The fourth-order valence-electron chi connectivity index (χ4n) is 2.69. The fraction of sp³-hybridized carbons (Fsp3) is 0.500. The van der Waals surface area contributed by atoms with Gasteiger partial charge in [-0.15, -0.1) is 0 Å². The van der Waals surface area contributed by atoms with E-state index in [1.54, 1.807) is 6.07 Å². The molecule has 0 aliphatic carbocycles. The van der Waals surface area contributed by atoms with Crippen LogP contribution in [0, 0.1) is 21.4 Å². The molecule has 0 bridgehead atoms. The lowest BCUT2D eigenvalue weighted by molar-refractivity contribution is -0.384. The molecule has 1 amide bonds. The molecule has 1 aromatic rings. The third kappa shape index (κ3) is 3.97. The summed E-state index contributed by atoms with van der Waals surface area (Å²) >= 11 is 0. The van der Waals surface area contributed by atoms with Crippen LogP contribution in [0.5, 0.6) is 0 Å². The highest BCUT2D eigenvalue weighted by Crippen LogP contribution is 2.26. The van der Waals surface area contributed by atoms with E-state index in [0.29, 0.717) is 43.9 Å². The van der Waals surface area contributed by atoms with Crippen molar-refractivity contribution in [2.24, 2.45) is 0 Å². The Balaban J connectivity index is 2.04. The number of carbonyl (C=O) groups excluding carboxylic acids is 1. The first-order chi connectivity index (χ1) is 11.1. The molecule has 1 heterocycles. The number of hydrogen-bond donors (Lipinski definition) is 0. The molecule has 122 valence electrons. The number of carbonyl (C=O) groups is 1. The van der Waals surface area contributed by atoms with Gasteiger partial charge in [0.05, 0.1) is 16.2 Å². The average molecular weight is 316 g/mol. The van der Waals surface area contributed by atoms with Gasteiger partial charge in [-0.1, -0.05) is 13.3 Å². The van der Waals surface area contributed by atoms with Crippen LogP contribution >= 0.6 is 0 Å². The minimum Gasteiger partial charge on any atom is -0.367 e. The van der Waals surface area contributed by atoms with Crippen molar-refractivity contribution in [2.75, 3.05) is 31.1 Å². The largest absolute Gasteiger partial charge is 0.367 e. The number of benzene rings is 1. The van der Waals surface area contributed by atoms with Crippen molar-refractivity contribution in [2.45, 2.75) is 26.2 Å². The van der Waals surface area contributed by atoms with Crippen LogP contribution in [0.1, 0.15) is 31.7 Å². The SMILES string of the molecule is CCCCC(=O)N1CCN(c2ccc([N+](=O)[O-])cc2C#N)CC1. The maximum Gasteiger partial charge on any atom is 0.270 e. The van der Waals surface area contributed by atoms with Gasteiger partial charge in [0.1, 0.15) is 6.07 Å². The fourth-order valence-corrected chi connectivity index (χ4v) is 2.69. The first kappa shape index (κ1) is 16.7. The predicted octanol–water partition coefficient (Wildman–Crippen LogP) is 2.31. The van der Waals surface area contributed by atoms with Crippen molar-refractivity contribution in [1.82, 2.24) is 4.90 Å². The molecule has 2 rings (SSSR count). The van der Waals surface area contributed by atoms with Gasteiger partial charge in [-0.2, -0.15) is 5.26 Å². The van der Waals surface area contributed by atoms with Crippen molar-refractivity contribution in [3.8, 4) is 6.07 Å². The minimum absolute atomic E-state index is 0.0846.